The Morgan fingerprint density at radius 1 is 1.25 bits per heavy atom. The fraction of sp³-hybridized carbons (Fsp3) is 1.00. The van der Waals surface area contributed by atoms with Gasteiger partial charge in [0.15, 0.2) is 0 Å². The molecule has 0 aromatic heterocycles. The van der Waals surface area contributed by atoms with Crippen LogP contribution in [0.25, 0.3) is 0 Å². The average Bonchev–Trinajstić information content (AvgIpc) is 2.36. The molecular formula is C9H18ClNO. The lowest BCUT2D eigenvalue weighted by Gasteiger charge is -2.36. The van der Waals surface area contributed by atoms with Crippen molar-refractivity contribution in [1.29, 1.82) is 0 Å². The van der Waals surface area contributed by atoms with Gasteiger partial charge in [0.05, 0.1) is 6.10 Å². The van der Waals surface area contributed by atoms with Crippen LogP contribution in [0.15, 0.2) is 0 Å². The summed E-state index contributed by atoms with van der Waals surface area (Å²) in [6.45, 7) is 2.20. The van der Waals surface area contributed by atoms with Crippen molar-refractivity contribution in [2.75, 3.05) is 13.1 Å². The highest BCUT2D eigenvalue weighted by molar-refractivity contribution is 5.85. The van der Waals surface area contributed by atoms with E-state index in [1.165, 1.54) is 25.7 Å². The van der Waals surface area contributed by atoms with Gasteiger partial charge in [-0.2, -0.15) is 0 Å². The minimum atomic E-state index is -0.0182. The van der Waals surface area contributed by atoms with Gasteiger partial charge in [-0.15, -0.1) is 12.4 Å². The molecule has 2 rings (SSSR count). The van der Waals surface area contributed by atoms with Crippen LogP contribution in [0.4, 0.5) is 0 Å². The summed E-state index contributed by atoms with van der Waals surface area (Å²) >= 11 is 0. The van der Waals surface area contributed by atoms with E-state index in [1.54, 1.807) is 0 Å². The summed E-state index contributed by atoms with van der Waals surface area (Å²) in [5, 5.41) is 13.2. The van der Waals surface area contributed by atoms with Gasteiger partial charge in [-0.25, -0.2) is 0 Å². The van der Waals surface area contributed by atoms with E-state index in [0.717, 1.165) is 19.5 Å². The largest absolute Gasteiger partial charge is 0.393 e. The first-order valence-electron chi connectivity index (χ1n) is 4.72. The summed E-state index contributed by atoms with van der Waals surface area (Å²) in [6.07, 6.45) is 5.96. The van der Waals surface area contributed by atoms with Gasteiger partial charge in [-0.05, 0) is 32.2 Å². The normalized spacial score (nSPS) is 41.2. The molecule has 0 radical (unpaired) electrons. The van der Waals surface area contributed by atoms with Crippen LogP contribution in [0.2, 0.25) is 0 Å². The lowest BCUT2D eigenvalue weighted by molar-refractivity contribution is 0.0335. The SMILES string of the molecule is Cl.O[C@@H]1CCC[C@]12CCCNC2. The summed E-state index contributed by atoms with van der Waals surface area (Å²) in [7, 11) is 0. The highest BCUT2D eigenvalue weighted by atomic mass is 35.5. The Morgan fingerprint density at radius 3 is 2.50 bits per heavy atom. The van der Waals surface area contributed by atoms with E-state index in [0.29, 0.717) is 0 Å². The fourth-order valence-corrected chi connectivity index (χ4v) is 2.61. The van der Waals surface area contributed by atoms with E-state index < -0.39 is 0 Å². The molecule has 0 aromatic rings. The Bertz CT molecular complexity index is 145. The zero-order chi connectivity index (χ0) is 7.73. The maximum atomic E-state index is 9.76. The molecule has 0 bridgehead atoms. The second-order valence-electron chi connectivity index (χ2n) is 4.05. The summed E-state index contributed by atoms with van der Waals surface area (Å²) < 4.78 is 0. The number of halogens is 1. The van der Waals surface area contributed by atoms with E-state index in [2.05, 4.69) is 5.32 Å². The fourth-order valence-electron chi connectivity index (χ4n) is 2.61. The molecular weight excluding hydrogens is 174 g/mol. The van der Waals surface area contributed by atoms with Gasteiger partial charge in [0, 0.05) is 12.0 Å². The van der Waals surface area contributed by atoms with Crippen molar-refractivity contribution in [2.45, 2.75) is 38.2 Å². The van der Waals surface area contributed by atoms with Gasteiger partial charge in [0.25, 0.3) is 0 Å². The van der Waals surface area contributed by atoms with Crippen molar-refractivity contribution < 1.29 is 5.11 Å². The molecule has 12 heavy (non-hydrogen) atoms. The van der Waals surface area contributed by atoms with Crippen molar-refractivity contribution in [2.24, 2.45) is 5.41 Å². The first kappa shape index (κ1) is 10.3. The Morgan fingerprint density at radius 2 is 2.00 bits per heavy atom. The van der Waals surface area contributed by atoms with Crippen LogP contribution >= 0.6 is 12.4 Å². The first-order valence-corrected chi connectivity index (χ1v) is 4.72. The summed E-state index contributed by atoms with van der Waals surface area (Å²) in [6, 6.07) is 0. The van der Waals surface area contributed by atoms with Gasteiger partial charge >= 0.3 is 0 Å². The Kier molecular flexibility index (Phi) is 3.38. The number of rotatable bonds is 0. The molecule has 1 saturated carbocycles. The maximum absolute atomic E-state index is 9.76. The van der Waals surface area contributed by atoms with Crippen LogP contribution in [0.3, 0.4) is 0 Å². The van der Waals surface area contributed by atoms with Gasteiger partial charge in [-0.1, -0.05) is 6.42 Å². The molecule has 1 heterocycles. The van der Waals surface area contributed by atoms with E-state index in [1.807, 2.05) is 0 Å². The number of hydrogen-bond acceptors (Lipinski definition) is 2. The van der Waals surface area contributed by atoms with Crippen LogP contribution in [-0.2, 0) is 0 Å². The predicted octanol–water partition coefficient (Wildman–Crippen LogP) is 1.32. The summed E-state index contributed by atoms with van der Waals surface area (Å²) in [4.78, 5) is 0. The van der Waals surface area contributed by atoms with Crippen molar-refractivity contribution in [3.63, 3.8) is 0 Å². The van der Waals surface area contributed by atoms with Crippen molar-refractivity contribution in [1.82, 2.24) is 5.32 Å². The third-order valence-corrected chi connectivity index (χ3v) is 3.36. The van der Waals surface area contributed by atoms with Crippen LogP contribution in [0.1, 0.15) is 32.1 Å². The third kappa shape index (κ3) is 1.61. The van der Waals surface area contributed by atoms with Gasteiger partial charge in [0.2, 0.25) is 0 Å². The van der Waals surface area contributed by atoms with Gasteiger partial charge < -0.3 is 10.4 Å². The maximum Gasteiger partial charge on any atom is 0.0608 e. The highest BCUT2D eigenvalue weighted by Crippen LogP contribution is 2.42. The van der Waals surface area contributed by atoms with E-state index in [9.17, 15) is 5.11 Å². The zero-order valence-electron chi connectivity index (χ0n) is 7.38. The monoisotopic (exact) mass is 191 g/mol. The third-order valence-electron chi connectivity index (χ3n) is 3.36. The van der Waals surface area contributed by atoms with Crippen LogP contribution < -0.4 is 5.32 Å². The van der Waals surface area contributed by atoms with Crippen LogP contribution in [0, 0.1) is 5.41 Å². The predicted molar refractivity (Wildman–Crippen MR) is 51.6 cm³/mol. The number of hydrogen-bond donors (Lipinski definition) is 2. The topological polar surface area (TPSA) is 32.3 Å². The second-order valence-corrected chi connectivity index (χ2v) is 4.05. The second kappa shape index (κ2) is 3.95. The van der Waals surface area contributed by atoms with E-state index >= 15 is 0 Å². The van der Waals surface area contributed by atoms with E-state index in [4.69, 9.17) is 0 Å². The first-order chi connectivity index (χ1) is 5.33. The standard InChI is InChI=1S/C9H17NO.ClH/c11-8-3-1-4-9(8)5-2-6-10-7-9;/h8,10-11H,1-7H2;1H/t8-,9-;/m1./s1. The molecule has 72 valence electrons. The van der Waals surface area contributed by atoms with Gasteiger partial charge in [0.1, 0.15) is 0 Å². The van der Waals surface area contributed by atoms with Crippen molar-refractivity contribution in [3.8, 4) is 0 Å². The summed E-state index contributed by atoms with van der Waals surface area (Å²) in [5.41, 5.74) is 0.276. The molecule has 0 aromatic carbocycles. The molecule has 2 aliphatic rings. The minimum absolute atomic E-state index is 0. The molecule has 1 aliphatic heterocycles. The molecule has 1 spiro atoms. The number of piperidine rings is 1. The van der Waals surface area contributed by atoms with Gasteiger partial charge in [-0.3, -0.25) is 0 Å². The molecule has 2 atom stereocenters. The Hall–Kier alpha value is 0.210. The minimum Gasteiger partial charge on any atom is -0.393 e. The molecule has 3 heteroatoms. The zero-order valence-corrected chi connectivity index (χ0v) is 8.20. The molecule has 2 nitrogen and oxygen atoms in total. The molecule has 1 saturated heterocycles. The molecule has 1 aliphatic carbocycles. The average molecular weight is 192 g/mol. The lowest BCUT2D eigenvalue weighted by Crippen LogP contribution is -2.44. The summed E-state index contributed by atoms with van der Waals surface area (Å²) in [5.74, 6) is 0. The van der Waals surface area contributed by atoms with Crippen LogP contribution in [-0.4, -0.2) is 24.3 Å². The quantitative estimate of drug-likeness (QED) is 0.606. The molecule has 0 amide bonds. The van der Waals surface area contributed by atoms with E-state index in [-0.39, 0.29) is 23.9 Å². The molecule has 2 N–H and O–H groups in total. The Balaban J connectivity index is 0.000000720. The highest BCUT2D eigenvalue weighted by Gasteiger charge is 2.42. The molecule has 0 unspecified atom stereocenters. The van der Waals surface area contributed by atoms with Crippen molar-refractivity contribution in [3.05, 3.63) is 0 Å². The molecule has 2 fully saturated rings. The van der Waals surface area contributed by atoms with Crippen molar-refractivity contribution >= 4 is 12.4 Å². The smallest absolute Gasteiger partial charge is 0.0608 e. The number of aliphatic hydroxyl groups is 1. The number of aliphatic hydroxyl groups excluding tert-OH is 1. The Labute approximate surface area is 80.1 Å². The number of nitrogens with one attached hydrogen (secondary N) is 1. The lowest BCUT2D eigenvalue weighted by atomic mass is 9.77. The van der Waals surface area contributed by atoms with Crippen LogP contribution in [0.5, 0.6) is 0 Å².